The van der Waals surface area contributed by atoms with E-state index in [1.54, 1.807) is 18.2 Å². The molecule has 19 heavy (non-hydrogen) atoms. The summed E-state index contributed by atoms with van der Waals surface area (Å²) in [5.41, 5.74) is 6.58. The second-order valence-electron chi connectivity index (χ2n) is 4.11. The summed E-state index contributed by atoms with van der Waals surface area (Å²) in [6.45, 7) is 0.583. The number of halogens is 1. The van der Waals surface area contributed by atoms with Crippen molar-refractivity contribution in [3.8, 4) is 5.88 Å². The smallest absolute Gasteiger partial charge is 0.225 e. The quantitative estimate of drug-likeness (QED) is 0.910. The number of anilines is 2. The molecule has 6 heteroatoms. The van der Waals surface area contributed by atoms with Gasteiger partial charge in [0.25, 0.3) is 0 Å². The molecule has 2 rings (SSSR count). The molecule has 1 aromatic heterocycles. The van der Waals surface area contributed by atoms with Crippen molar-refractivity contribution >= 4 is 11.8 Å². The van der Waals surface area contributed by atoms with E-state index in [9.17, 15) is 4.39 Å². The lowest BCUT2D eigenvalue weighted by Gasteiger charge is -2.18. The number of nitrogens with zero attached hydrogens (tertiary/aromatic N) is 3. The van der Waals surface area contributed by atoms with Crippen LogP contribution in [0.25, 0.3) is 0 Å². The molecule has 0 amide bonds. The second kappa shape index (κ2) is 5.51. The molecule has 0 spiro atoms. The fraction of sp³-hybridized carbons (Fsp3) is 0.231. The fourth-order valence-corrected chi connectivity index (χ4v) is 1.68. The molecule has 2 aromatic rings. The van der Waals surface area contributed by atoms with Crippen molar-refractivity contribution in [2.24, 2.45) is 0 Å². The van der Waals surface area contributed by atoms with Gasteiger partial charge in [-0.2, -0.15) is 9.97 Å². The highest BCUT2D eigenvalue weighted by molar-refractivity contribution is 5.45. The lowest BCUT2D eigenvalue weighted by molar-refractivity contribution is 0.397. The maximum Gasteiger partial charge on any atom is 0.225 e. The van der Waals surface area contributed by atoms with E-state index in [4.69, 9.17) is 10.5 Å². The number of nitrogen functional groups attached to an aromatic ring is 1. The van der Waals surface area contributed by atoms with Gasteiger partial charge in [-0.25, -0.2) is 4.39 Å². The average Bonchev–Trinajstić information content (AvgIpc) is 2.40. The number of aromatic nitrogens is 2. The number of rotatable bonds is 4. The van der Waals surface area contributed by atoms with Gasteiger partial charge in [0.2, 0.25) is 11.8 Å². The molecule has 0 aliphatic rings. The maximum atomic E-state index is 12.8. The van der Waals surface area contributed by atoms with Gasteiger partial charge in [0, 0.05) is 19.7 Å². The van der Waals surface area contributed by atoms with Crippen molar-refractivity contribution in [3.05, 3.63) is 41.7 Å². The molecule has 0 aliphatic carbocycles. The van der Waals surface area contributed by atoms with Gasteiger partial charge in [0.1, 0.15) is 11.6 Å². The fourth-order valence-electron chi connectivity index (χ4n) is 1.68. The normalized spacial score (nSPS) is 10.3. The Labute approximate surface area is 110 Å². The van der Waals surface area contributed by atoms with Crippen LogP contribution < -0.4 is 15.4 Å². The number of ether oxygens (including phenoxy) is 1. The molecule has 0 atom stereocenters. The van der Waals surface area contributed by atoms with Crippen molar-refractivity contribution in [2.75, 3.05) is 24.8 Å². The average molecular weight is 262 g/mol. The van der Waals surface area contributed by atoms with Gasteiger partial charge in [-0.1, -0.05) is 12.1 Å². The highest BCUT2D eigenvalue weighted by Crippen LogP contribution is 2.19. The van der Waals surface area contributed by atoms with Crippen LogP contribution in [-0.4, -0.2) is 24.1 Å². The largest absolute Gasteiger partial charge is 0.481 e. The van der Waals surface area contributed by atoms with Gasteiger partial charge in [-0.15, -0.1) is 0 Å². The SMILES string of the molecule is COc1cc(N(C)Cc2ccc(F)cc2)nc(N)n1. The summed E-state index contributed by atoms with van der Waals surface area (Å²) >= 11 is 0. The predicted molar refractivity (Wildman–Crippen MR) is 71.5 cm³/mol. The van der Waals surface area contributed by atoms with Crippen LogP contribution in [0.3, 0.4) is 0 Å². The van der Waals surface area contributed by atoms with E-state index in [0.717, 1.165) is 5.56 Å². The van der Waals surface area contributed by atoms with Crippen LogP contribution in [0.4, 0.5) is 16.2 Å². The van der Waals surface area contributed by atoms with Crippen LogP contribution in [0.2, 0.25) is 0 Å². The highest BCUT2D eigenvalue weighted by Gasteiger charge is 2.08. The van der Waals surface area contributed by atoms with Crippen LogP contribution in [0.5, 0.6) is 5.88 Å². The van der Waals surface area contributed by atoms with E-state index in [1.165, 1.54) is 19.2 Å². The summed E-state index contributed by atoms with van der Waals surface area (Å²) in [5, 5.41) is 0. The number of methoxy groups -OCH3 is 1. The van der Waals surface area contributed by atoms with Crippen molar-refractivity contribution in [1.82, 2.24) is 9.97 Å². The molecular weight excluding hydrogens is 247 g/mol. The lowest BCUT2D eigenvalue weighted by Crippen LogP contribution is -2.18. The predicted octanol–water partition coefficient (Wildman–Crippen LogP) is 1.84. The maximum absolute atomic E-state index is 12.8. The Hall–Kier alpha value is -2.37. The third-order valence-corrected chi connectivity index (χ3v) is 2.64. The summed E-state index contributed by atoms with van der Waals surface area (Å²) in [7, 11) is 3.39. The molecule has 0 saturated heterocycles. The van der Waals surface area contributed by atoms with Gasteiger partial charge in [0.15, 0.2) is 0 Å². The first-order valence-electron chi connectivity index (χ1n) is 5.72. The van der Waals surface area contributed by atoms with Crippen LogP contribution in [-0.2, 0) is 6.54 Å². The van der Waals surface area contributed by atoms with Gasteiger partial charge in [-0.05, 0) is 17.7 Å². The van der Waals surface area contributed by atoms with E-state index in [0.29, 0.717) is 18.2 Å². The minimum atomic E-state index is -0.251. The van der Waals surface area contributed by atoms with Crippen LogP contribution in [0.15, 0.2) is 30.3 Å². The Balaban J connectivity index is 2.17. The zero-order chi connectivity index (χ0) is 13.8. The molecule has 0 bridgehead atoms. The molecular formula is C13H15FN4O. The van der Waals surface area contributed by atoms with E-state index in [-0.39, 0.29) is 11.8 Å². The molecule has 2 N–H and O–H groups in total. The minimum Gasteiger partial charge on any atom is -0.481 e. The Morgan fingerprint density at radius 3 is 2.58 bits per heavy atom. The first-order valence-corrected chi connectivity index (χ1v) is 5.72. The minimum absolute atomic E-state index is 0.153. The standard InChI is InChI=1S/C13H15FN4O/c1-18(8-9-3-5-10(14)6-4-9)11-7-12(19-2)17-13(15)16-11/h3-7H,8H2,1-2H3,(H2,15,16,17). The lowest BCUT2D eigenvalue weighted by atomic mass is 10.2. The summed E-state index contributed by atoms with van der Waals surface area (Å²) < 4.78 is 17.9. The van der Waals surface area contributed by atoms with Gasteiger partial charge >= 0.3 is 0 Å². The number of hydrogen-bond acceptors (Lipinski definition) is 5. The van der Waals surface area contributed by atoms with Crippen molar-refractivity contribution in [3.63, 3.8) is 0 Å². The monoisotopic (exact) mass is 262 g/mol. The zero-order valence-corrected chi connectivity index (χ0v) is 10.8. The van der Waals surface area contributed by atoms with Crippen LogP contribution in [0, 0.1) is 5.82 Å². The van der Waals surface area contributed by atoms with Gasteiger partial charge < -0.3 is 15.4 Å². The summed E-state index contributed by atoms with van der Waals surface area (Å²) in [6.07, 6.45) is 0. The number of nitrogens with two attached hydrogens (primary N) is 1. The molecule has 1 heterocycles. The third kappa shape index (κ3) is 3.31. The molecule has 0 aliphatic heterocycles. The van der Waals surface area contributed by atoms with Gasteiger partial charge in [-0.3, -0.25) is 0 Å². The van der Waals surface area contributed by atoms with Crippen molar-refractivity contribution in [2.45, 2.75) is 6.54 Å². The Kier molecular flexibility index (Phi) is 3.79. The van der Waals surface area contributed by atoms with E-state index >= 15 is 0 Å². The topological polar surface area (TPSA) is 64.3 Å². The van der Waals surface area contributed by atoms with E-state index in [2.05, 4.69) is 9.97 Å². The molecule has 0 unspecified atom stereocenters. The van der Waals surface area contributed by atoms with Gasteiger partial charge in [0.05, 0.1) is 7.11 Å². The van der Waals surface area contributed by atoms with E-state index in [1.807, 2.05) is 11.9 Å². The Bertz CT molecular complexity index is 559. The van der Waals surface area contributed by atoms with Crippen LogP contribution in [0.1, 0.15) is 5.56 Å². The first kappa shape index (κ1) is 13.1. The molecule has 100 valence electrons. The Morgan fingerprint density at radius 2 is 1.95 bits per heavy atom. The summed E-state index contributed by atoms with van der Waals surface area (Å²) in [4.78, 5) is 9.94. The zero-order valence-electron chi connectivity index (χ0n) is 10.8. The molecule has 1 aromatic carbocycles. The number of benzene rings is 1. The molecule has 0 saturated carbocycles. The second-order valence-corrected chi connectivity index (χ2v) is 4.11. The summed E-state index contributed by atoms with van der Waals surface area (Å²) in [6, 6.07) is 8.01. The Morgan fingerprint density at radius 1 is 1.26 bits per heavy atom. The third-order valence-electron chi connectivity index (χ3n) is 2.64. The molecule has 0 radical (unpaired) electrons. The number of hydrogen-bond donors (Lipinski definition) is 1. The van der Waals surface area contributed by atoms with Crippen molar-refractivity contribution in [1.29, 1.82) is 0 Å². The van der Waals surface area contributed by atoms with E-state index < -0.39 is 0 Å². The van der Waals surface area contributed by atoms with Crippen molar-refractivity contribution < 1.29 is 9.13 Å². The molecule has 0 fully saturated rings. The van der Waals surface area contributed by atoms with Crippen LogP contribution >= 0.6 is 0 Å². The highest BCUT2D eigenvalue weighted by atomic mass is 19.1. The molecule has 5 nitrogen and oxygen atoms in total. The first-order chi connectivity index (χ1) is 9.08. The summed E-state index contributed by atoms with van der Waals surface area (Å²) in [5.74, 6) is 0.960.